The number of aromatic nitrogens is 2. The first-order valence-corrected chi connectivity index (χ1v) is 8.65. The van der Waals surface area contributed by atoms with E-state index in [4.69, 9.17) is 4.74 Å². The lowest BCUT2D eigenvalue weighted by Crippen LogP contribution is -2.49. The van der Waals surface area contributed by atoms with E-state index in [1.807, 2.05) is 54.7 Å². The summed E-state index contributed by atoms with van der Waals surface area (Å²) >= 11 is 0. The van der Waals surface area contributed by atoms with Gasteiger partial charge in [-0.15, -0.1) is 24.8 Å². The van der Waals surface area contributed by atoms with E-state index in [0.717, 1.165) is 41.4 Å². The van der Waals surface area contributed by atoms with Crippen LogP contribution in [-0.2, 0) is 18.3 Å². The number of carbonyl (C=O) groups excluding carboxylic acids is 1. The van der Waals surface area contributed by atoms with Crippen LogP contribution in [0.15, 0.2) is 24.3 Å². The number of nitrogens with zero attached hydrogens (tertiary/aromatic N) is 3. The summed E-state index contributed by atoms with van der Waals surface area (Å²) in [6.45, 7) is 6.21. The molecule has 1 saturated heterocycles. The highest BCUT2D eigenvalue weighted by atomic mass is 35.5. The van der Waals surface area contributed by atoms with Crippen LogP contribution in [0.2, 0.25) is 0 Å². The molecule has 1 aromatic carbocycles. The van der Waals surface area contributed by atoms with Crippen LogP contribution in [0, 0.1) is 13.8 Å². The van der Waals surface area contributed by atoms with E-state index in [2.05, 4.69) is 10.4 Å². The molecule has 0 radical (unpaired) electrons. The van der Waals surface area contributed by atoms with Crippen LogP contribution in [0.5, 0.6) is 5.75 Å². The van der Waals surface area contributed by atoms with Crippen molar-refractivity contribution in [2.75, 3.05) is 26.7 Å². The highest BCUT2D eigenvalue weighted by molar-refractivity contribution is 5.85. The molecule has 2 aromatic rings. The van der Waals surface area contributed by atoms with Gasteiger partial charge in [-0.1, -0.05) is 18.2 Å². The number of halogens is 2. The van der Waals surface area contributed by atoms with Crippen molar-refractivity contribution < 1.29 is 9.53 Å². The zero-order valence-electron chi connectivity index (χ0n) is 16.2. The van der Waals surface area contributed by atoms with Crippen molar-refractivity contribution in [2.24, 2.45) is 7.05 Å². The Bertz CT molecular complexity index is 779. The zero-order chi connectivity index (χ0) is 18.0. The largest absolute Gasteiger partial charge is 0.496 e. The first-order chi connectivity index (χ1) is 12.0. The maximum Gasteiger partial charge on any atom is 0.227 e. The Morgan fingerprint density at radius 3 is 2.63 bits per heavy atom. The molecule has 2 heterocycles. The topological polar surface area (TPSA) is 59.4 Å². The number of benzene rings is 1. The van der Waals surface area contributed by atoms with E-state index in [9.17, 15) is 4.79 Å². The molecule has 1 aliphatic rings. The minimum Gasteiger partial charge on any atom is -0.496 e. The Kier molecular flexibility index (Phi) is 8.59. The zero-order valence-corrected chi connectivity index (χ0v) is 17.8. The third-order valence-corrected chi connectivity index (χ3v) is 5.05. The van der Waals surface area contributed by atoms with Gasteiger partial charge in [0.25, 0.3) is 0 Å². The van der Waals surface area contributed by atoms with Gasteiger partial charge in [-0.25, -0.2) is 0 Å². The fraction of sp³-hybridized carbons (Fsp3) is 0.474. The standard InChI is InChI=1S/C19H26N4O2.2ClH/c1-13-16(14(2)22(3)21-13)11-19(24)23-10-9-20-12-17(23)15-7-5-6-8-18(15)25-4;;/h5-8,17,20H,9-12H2,1-4H3;2*1H. The molecule has 1 unspecified atom stereocenters. The SMILES string of the molecule is COc1ccccc1C1CNCCN1C(=O)Cc1c(C)nn(C)c1C.Cl.Cl. The van der Waals surface area contributed by atoms with Crippen molar-refractivity contribution in [3.63, 3.8) is 0 Å². The summed E-state index contributed by atoms with van der Waals surface area (Å²) < 4.78 is 7.35. The number of aryl methyl sites for hydroxylation is 2. The quantitative estimate of drug-likeness (QED) is 0.834. The second-order valence-electron chi connectivity index (χ2n) is 6.50. The van der Waals surface area contributed by atoms with Gasteiger partial charge in [-0.2, -0.15) is 5.10 Å². The van der Waals surface area contributed by atoms with Crippen LogP contribution >= 0.6 is 24.8 Å². The van der Waals surface area contributed by atoms with Crippen molar-refractivity contribution in [1.29, 1.82) is 0 Å². The predicted molar refractivity (Wildman–Crippen MR) is 111 cm³/mol. The minimum atomic E-state index is -0.0188. The van der Waals surface area contributed by atoms with E-state index in [1.165, 1.54) is 0 Å². The van der Waals surface area contributed by atoms with Gasteiger partial charge in [0.2, 0.25) is 5.91 Å². The van der Waals surface area contributed by atoms with Crippen molar-refractivity contribution in [3.8, 4) is 5.75 Å². The van der Waals surface area contributed by atoms with Crippen molar-refractivity contribution in [2.45, 2.75) is 26.3 Å². The fourth-order valence-electron chi connectivity index (χ4n) is 3.55. The third kappa shape index (κ3) is 4.75. The molecule has 1 atom stereocenters. The minimum absolute atomic E-state index is 0. The predicted octanol–water partition coefficient (Wildman–Crippen LogP) is 2.60. The van der Waals surface area contributed by atoms with Crippen LogP contribution in [0.4, 0.5) is 0 Å². The number of piperazine rings is 1. The van der Waals surface area contributed by atoms with Crippen LogP contribution in [0.25, 0.3) is 0 Å². The smallest absolute Gasteiger partial charge is 0.227 e. The summed E-state index contributed by atoms with van der Waals surface area (Å²) in [4.78, 5) is 15.1. The summed E-state index contributed by atoms with van der Waals surface area (Å²) in [6.07, 6.45) is 0.386. The van der Waals surface area contributed by atoms with Gasteiger partial charge in [0.1, 0.15) is 5.75 Å². The Morgan fingerprint density at radius 1 is 1.30 bits per heavy atom. The average Bonchev–Trinajstić information content (AvgIpc) is 2.87. The number of rotatable bonds is 4. The molecular weight excluding hydrogens is 387 g/mol. The molecule has 27 heavy (non-hydrogen) atoms. The van der Waals surface area contributed by atoms with Gasteiger partial charge in [-0.05, 0) is 19.9 Å². The molecule has 0 spiro atoms. The molecule has 3 rings (SSSR count). The molecule has 1 amide bonds. The molecule has 0 bridgehead atoms. The first kappa shape index (κ1) is 23.3. The summed E-state index contributed by atoms with van der Waals surface area (Å²) in [5, 5.41) is 7.82. The van der Waals surface area contributed by atoms with Crippen LogP contribution in [-0.4, -0.2) is 47.3 Å². The highest BCUT2D eigenvalue weighted by Crippen LogP contribution is 2.30. The summed E-state index contributed by atoms with van der Waals surface area (Å²) in [5.41, 5.74) is 4.06. The first-order valence-electron chi connectivity index (χ1n) is 8.65. The summed E-state index contributed by atoms with van der Waals surface area (Å²) in [5.74, 6) is 0.958. The normalized spacial score (nSPS) is 16.3. The lowest BCUT2D eigenvalue weighted by Gasteiger charge is -2.37. The lowest BCUT2D eigenvalue weighted by atomic mass is 10.0. The van der Waals surface area contributed by atoms with Gasteiger partial charge in [0, 0.05) is 43.5 Å². The van der Waals surface area contributed by atoms with Crippen molar-refractivity contribution in [3.05, 3.63) is 46.8 Å². The van der Waals surface area contributed by atoms with E-state index in [-0.39, 0.29) is 36.8 Å². The molecule has 6 nitrogen and oxygen atoms in total. The Balaban J connectivity index is 0.00000182. The lowest BCUT2D eigenvalue weighted by molar-refractivity contribution is -0.133. The monoisotopic (exact) mass is 414 g/mol. The molecule has 0 aliphatic carbocycles. The number of hydrogen-bond donors (Lipinski definition) is 1. The molecule has 150 valence electrons. The van der Waals surface area contributed by atoms with Crippen molar-refractivity contribution in [1.82, 2.24) is 20.0 Å². The van der Waals surface area contributed by atoms with Crippen molar-refractivity contribution >= 4 is 30.7 Å². The summed E-state index contributed by atoms with van der Waals surface area (Å²) in [7, 11) is 3.59. The van der Waals surface area contributed by atoms with Gasteiger partial charge in [-0.3, -0.25) is 9.48 Å². The molecule has 1 N–H and O–H groups in total. The average molecular weight is 415 g/mol. The van der Waals surface area contributed by atoms with E-state index >= 15 is 0 Å². The number of hydrogen-bond acceptors (Lipinski definition) is 4. The van der Waals surface area contributed by atoms with Crippen LogP contribution in [0.1, 0.15) is 28.6 Å². The van der Waals surface area contributed by atoms with E-state index in [1.54, 1.807) is 7.11 Å². The maximum atomic E-state index is 13.1. The number of ether oxygens (including phenoxy) is 1. The number of carbonyl (C=O) groups is 1. The third-order valence-electron chi connectivity index (χ3n) is 5.05. The summed E-state index contributed by atoms with van der Waals surface area (Å²) in [6, 6.07) is 7.91. The maximum absolute atomic E-state index is 13.1. The van der Waals surface area contributed by atoms with Crippen LogP contribution in [0.3, 0.4) is 0 Å². The number of nitrogens with one attached hydrogen (secondary N) is 1. The van der Waals surface area contributed by atoms with E-state index in [0.29, 0.717) is 13.0 Å². The van der Waals surface area contributed by atoms with Gasteiger partial charge in [0.05, 0.1) is 25.3 Å². The highest BCUT2D eigenvalue weighted by Gasteiger charge is 2.30. The van der Waals surface area contributed by atoms with Gasteiger partial charge in [0.15, 0.2) is 0 Å². The number of methoxy groups -OCH3 is 1. The molecule has 0 saturated carbocycles. The molecule has 8 heteroatoms. The van der Waals surface area contributed by atoms with Gasteiger partial charge < -0.3 is 15.0 Å². The van der Waals surface area contributed by atoms with E-state index < -0.39 is 0 Å². The molecule has 1 fully saturated rings. The number of para-hydroxylation sites is 1. The second-order valence-corrected chi connectivity index (χ2v) is 6.50. The fourth-order valence-corrected chi connectivity index (χ4v) is 3.55. The Labute approximate surface area is 173 Å². The Morgan fingerprint density at radius 2 is 2.00 bits per heavy atom. The van der Waals surface area contributed by atoms with Gasteiger partial charge >= 0.3 is 0 Å². The molecule has 1 aliphatic heterocycles. The molecular formula is C19H28Cl2N4O2. The molecule has 1 aromatic heterocycles. The van der Waals surface area contributed by atoms with Crippen LogP contribution < -0.4 is 10.1 Å². The second kappa shape index (κ2) is 9.97. The number of amides is 1. The Hall–Kier alpha value is -1.76.